The van der Waals surface area contributed by atoms with Crippen molar-refractivity contribution < 1.29 is 22.6 Å². The minimum Gasteiger partial charge on any atom is -0.497 e. The van der Waals surface area contributed by atoms with E-state index in [0.29, 0.717) is 18.7 Å². The van der Waals surface area contributed by atoms with Gasteiger partial charge in [0.1, 0.15) is 16.4 Å². The molecule has 0 unspecified atom stereocenters. The van der Waals surface area contributed by atoms with Gasteiger partial charge in [0.05, 0.1) is 27.4 Å². The van der Waals surface area contributed by atoms with E-state index in [4.69, 9.17) is 14.2 Å². The van der Waals surface area contributed by atoms with Gasteiger partial charge in [0.25, 0.3) is 0 Å². The van der Waals surface area contributed by atoms with Crippen LogP contribution in [-0.2, 0) is 21.2 Å². The van der Waals surface area contributed by atoms with Gasteiger partial charge in [0.15, 0.2) is 0 Å². The molecule has 0 aromatic heterocycles. The van der Waals surface area contributed by atoms with E-state index < -0.39 is 10.0 Å². The van der Waals surface area contributed by atoms with Crippen LogP contribution in [-0.4, -0.2) is 55.5 Å². The van der Waals surface area contributed by atoms with E-state index in [1.165, 1.54) is 20.3 Å². The Morgan fingerprint density at radius 1 is 1.04 bits per heavy atom. The number of hydrogen-bond donors (Lipinski definition) is 1. The second kappa shape index (κ2) is 9.27. The highest BCUT2D eigenvalue weighted by Gasteiger charge is 2.20. The van der Waals surface area contributed by atoms with Crippen LogP contribution >= 0.6 is 0 Å². The van der Waals surface area contributed by atoms with Gasteiger partial charge < -0.3 is 19.1 Å². The van der Waals surface area contributed by atoms with Crippen LogP contribution in [0.25, 0.3) is 0 Å². The zero-order chi connectivity index (χ0) is 20.0. The van der Waals surface area contributed by atoms with Crippen molar-refractivity contribution in [3.05, 3.63) is 48.0 Å². The molecule has 0 amide bonds. The lowest BCUT2D eigenvalue weighted by Crippen LogP contribution is -2.36. The molecule has 1 heterocycles. The van der Waals surface area contributed by atoms with Gasteiger partial charge in [-0.25, -0.2) is 13.1 Å². The maximum atomic E-state index is 12.7. The summed E-state index contributed by atoms with van der Waals surface area (Å²) in [4.78, 5) is 2.35. The van der Waals surface area contributed by atoms with E-state index in [1.54, 1.807) is 12.1 Å². The molecule has 152 valence electrons. The highest BCUT2D eigenvalue weighted by Crippen LogP contribution is 2.28. The van der Waals surface area contributed by atoms with Gasteiger partial charge in [-0.15, -0.1) is 0 Å². The first kappa shape index (κ1) is 20.4. The molecule has 0 saturated carbocycles. The average Bonchev–Trinajstić information content (AvgIpc) is 2.74. The Bertz CT molecular complexity index is 878. The van der Waals surface area contributed by atoms with E-state index in [2.05, 4.69) is 21.8 Å². The highest BCUT2D eigenvalue weighted by atomic mass is 32.2. The molecule has 1 aliphatic rings. The summed E-state index contributed by atoms with van der Waals surface area (Å²) in [7, 11) is -0.775. The van der Waals surface area contributed by atoms with Crippen LogP contribution in [0.1, 0.15) is 5.56 Å². The van der Waals surface area contributed by atoms with Crippen LogP contribution < -0.4 is 19.1 Å². The Labute approximate surface area is 166 Å². The van der Waals surface area contributed by atoms with Crippen molar-refractivity contribution in [3.8, 4) is 11.5 Å². The Balaban J connectivity index is 1.61. The standard InChI is InChI=1S/C20H26N2O5S/c1-25-18-7-8-19(26-2)20(15-18)28(23,24)21-10-9-16-3-5-17(6-4-16)22-11-13-27-14-12-22/h3-8,15,21H,9-14H2,1-2H3. The summed E-state index contributed by atoms with van der Waals surface area (Å²) in [5, 5.41) is 0. The quantitative estimate of drug-likeness (QED) is 0.723. The Morgan fingerprint density at radius 3 is 2.39 bits per heavy atom. The van der Waals surface area contributed by atoms with Gasteiger partial charge in [-0.1, -0.05) is 12.1 Å². The van der Waals surface area contributed by atoms with E-state index in [1.807, 2.05) is 12.1 Å². The third-order valence-electron chi connectivity index (χ3n) is 4.68. The molecule has 1 fully saturated rings. The summed E-state index contributed by atoms with van der Waals surface area (Å²) < 4.78 is 43.6. The maximum absolute atomic E-state index is 12.7. The molecule has 0 spiro atoms. The normalized spacial score (nSPS) is 14.7. The summed E-state index contributed by atoms with van der Waals surface area (Å²) in [6, 6.07) is 12.9. The SMILES string of the molecule is COc1ccc(OC)c(S(=O)(=O)NCCc2ccc(N3CCOCC3)cc2)c1. The van der Waals surface area contributed by atoms with E-state index in [0.717, 1.165) is 37.6 Å². The first-order valence-corrected chi connectivity index (χ1v) is 10.6. The number of rotatable bonds is 8. The fourth-order valence-corrected chi connectivity index (χ4v) is 4.31. The summed E-state index contributed by atoms with van der Waals surface area (Å²) in [6.07, 6.45) is 0.592. The number of ether oxygens (including phenoxy) is 3. The topological polar surface area (TPSA) is 77.1 Å². The Morgan fingerprint density at radius 2 is 1.75 bits per heavy atom. The molecule has 1 N–H and O–H groups in total. The largest absolute Gasteiger partial charge is 0.497 e. The number of methoxy groups -OCH3 is 2. The van der Waals surface area contributed by atoms with Crippen molar-refractivity contribution in [1.29, 1.82) is 0 Å². The fourth-order valence-electron chi connectivity index (χ4n) is 3.10. The third kappa shape index (κ3) is 4.95. The Kier molecular flexibility index (Phi) is 6.77. The average molecular weight is 407 g/mol. The lowest BCUT2D eigenvalue weighted by Gasteiger charge is -2.28. The lowest BCUT2D eigenvalue weighted by atomic mass is 10.1. The van der Waals surface area contributed by atoms with Crippen molar-refractivity contribution in [1.82, 2.24) is 4.72 Å². The molecule has 0 bridgehead atoms. The fraction of sp³-hybridized carbons (Fsp3) is 0.400. The molecule has 0 atom stereocenters. The summed E-state index contributed by atoms with van der Waals surface area (Å²) >= 11 is 0. The molecule has 8 heteroatoms. The van der Waals surface area contributed by atoms with Gasteiger partial charge in [0, 0.05) is 31.4 Å². The smallest absolute Gasteiger partial charge is 0.244 e. The van der Waals surface area contributed by atoms with Crippen molar-refractivity contribution in [3.63, 3.8) is 0 Å². The summed E-state index contributed by atoms with van der Waals surface area (Å²) in [5.74, 6) is 0.739. The predicted molar refractivity (Wildman–Crippen MR) is 108 cm³/mol. The number of anilines is 1. The number of benzene rings is 2. The first-order chi connectivity index (χ1) is 13.5. The van der Waals surface area contributed by atoms with Gasteiger partial charge in [-0.05, 0) is 36.2 Å². The number of nitrogens with zero attached hydrogens (tertiary/aromatic N) is 1. The van der Waals surface area contributed by atoms with Crippen LogP contribution in [0.3, 0.4) is 0 Å². The third-order valence-corrected chi connectivity index (χ3v) is 6.16. The minimum absolute atomic E-state index is 0.0667. The number of nitrogens with one attached hydrogen (secondary N) is 1. The molecular formula is C20H26N2O5S. The molecule has 3 rings (SSSR count). The van der Waals surface area contributed by atoms with Crippen LogP contribution in [0.15, 0.2) is 47.4 Å². The van der Waals surface area contributed by atoms with Gasteiger partial charge in [0.2, 0.25) is 10.0 Å². The van der Waals surface area contributed by atoms with Crippen molar-refractivity contribution in [2.45, 2.75) is 11.3 Å². The number of morpholine rings is 1. The van der Waals surface area contributed by atoms with Gasteiger partial charge in [-0.3, -0.25) is 0 Å². The molecule has 0 radical (unpaired) electrons. The van der Waals surface area contributed by atoms with Gasteiger partial charge in [-0.2, -0.15) is 0 Å². The zero-order valence-electron chi connectivity index (χ0n) is 16.2. The second-order valence-corrected chi connectivity index (χ2v) is 8.17. The second-order valence-electron chi connectivity index (χ2n) is 6.43. The summed E-state index contributed by atoms with van der Waals surface area (Å²) in [6.45, 7) is 3.57. The molecule has 28 heavy (non-hydrogen) atoms. The zero-order valence-corrected chi connectivity index (χ0v) is 17.0. The van der Waals surface area contributed by atoms with E-state index in [9.17, 15) is 8.42 Å². The first-order valence-electron chi connectivity index (χ1n) is 9.17. The molecular weight excluding hydrogens is 380 g/mol. The van der Waals surface area contributed by atoms with Crippen LogP contribution in [0.2, 0.25) is 0 Å². The maximum Gasteiger partial charge on any atom is 0.244 e. The highest BCUT2D eigenvalue weighted by molar-refractivity contribution is 7.89. The number of sulfonamides is 1. The Hall–Kier alpha value is -2.29. The molecule has 2 aromatic carbocycles. The van der Waals surface area contributed by atoms with Crippen LogP contribution in [0.4, 0.5) is 5.69 Å². The molecule has 1 saturated heterocycles. The summed E-state index contributed by atoms with van der Waals surface area (Å²) in [5.41, 5.74) is 2.23. The van der Waals surface area contributed by atoms with E-state index >= 15 is 0 Å². The van der Waals surface area contributed by atoms with E-state index in [-0.39, 0.29) is 10.6 Å². The predicted octanol–water partition coefficient (Wildman–Crippen LogP) is 2.06. The van der Waals surface area contributed by atoms with Crippen molar-refractivity contribution in [2.24, 2.45) is 0 Å². The van der Waals surface area contributed by atoms with Crippen LogP contribution in [0.5, 0.6) is 11.5 Å². The molecule has 7 nitrogen and oxygen atoms in total. The molecule has 2 aromatic rings. The van der Waals surface area contributed by atoms with Gasteiger partial charge >= 0.3 is 0 Å². The van der Waals surface area contributed by atoms with Crippen LogP contribution in [0, 0.1) is 0 Å². The number of hydrogen-bond acceptors (Lipinski definition) is 6. The minimum atomic E-state index is -3.71. The van der Waals surface area contributed by atoms with Crippen molar-refractivity contribution >= 4 is 15.7 Å². The van der Waals surface area contributed by atoms with Crippen molar-refractivity contribution in [2.75, 3.05) is 52.0 Å². The monoisotopic (exact) mass is 406 g/mol. The lowest BCUT2D eigenvalue weighted by molar-refractivity contribution is 0.122. The molecule has 0 aliphatic carbocycles. The molecule has 1 aliphatic heterocycles.